The second kappa shape index (κ2) is 3.94. The van der Waals surface area contributed by atoms with Gasteiger partial charge in [0.25, 0.3) is 0 Å². The minimum absolute atomic E-state index is 0.102. The zero-order valence-electron chi connectivity index (χ0n) is 7.04. The zero-order valence-corrected chi connectivity index (χ0v) is 8.56. The number of phenols is 2. The molecule has 2 N–H and O–H groups in total. The first kappa shape index (κ1) is 10.9. The Kier molecular flexibility index (Phi) is 3.08. The highest BCUT2D eigenvalue weighted by atomic mass is 35.5. The zero-order chi connectivity index (χ0) is 10.9. The number of rotatable bonds is 1. The number of methoxy groups -OCH3 is 1. The summed E-state index contributed by atoms with van der Waals surface area (Å²) in [6, 6.07) is 1.12. The monoisotopic (exact) mass is 236 g/mol. The van der Waals surface area contributed by atoms with Crippen LogP contribution in [0.25, 0.3) is 0 Å². The van der Waals surface area contributed by atoms with Crippen LogP contribution in [0.15, 0.2) is 6.07 Å². The molecule has 14 heavy (non-hydrogen) atoms. The van der Waals surface area contributed by atoms with Crippen molar-refractivity contribution in [2.24, 2.45) is 0 Å². The third kappa shape index (κ3) is 1.71. The van der Waals surface area contributed by atoms with Crippen LogP contribution >= 0.6 is 23.2 Å². The molecule has 1 aromatic rings. The average Bonchev–Trinajstić information content (AvgIpc) is 2.19. The third-order valence-electron chi connectivity index (χ3n) is 1.57. The van der Waals surface area contributed by atoms with Gasteiger partial charge >= 0.3 is 5.97 Å². The lowest BCUT2D eigenvalue weighted by molar-refractivity contribution is 0.0600. The quantitative estimate of drug-likeness (QED) is 0.580. The van der Waals surface area contributed by atoms with Crippen LogP contribution in [0.3, 0.4) is 0 Å². The molecule has 0 aliphatic heterocycles. The molecular formula is C8H6Cl2O4. The molecule has 0 unspecified atom stereocenters. The van der Waals surface area contributed by atoms with Gasteiger partial charge in [-0.1, -0.05) is 23.2 Å². The Bertz CT molecular complexity index is 389. The summed E-state index contributed by atoms with van der Waals surface area (Å²) in [4.78, 5) is 11.1. The first-order valence-electron chi connectivity index (χ1n) is 3.47. The van der Waals surface area contributed by atoms with Gasteiger partial charge in [-0.2, -0.15) is 0 Å². The van der Waals surface area contributed by atoms with Gasteiger partial charge in [-0.3, -0.25) is 0 Å². The first-order valence-corrected chi connectivity index (χ1v) is 4.22. The summed E-state index contributed by atoms with van der Waals surface area (Å²) in [5.41, 5.74) is -0.102. The van der Waals surface area contributed by atoms with Gasteiger partial charge in [0.2, 0.25) is 0 Å². The van der Waals surface area contributed by atoms with Crippen molar-refractivity contribution in [1.29, 1.82) is 0 Å². The van der Waals surface area contributed by atoms with Gasteiger partial charge in [0.15, 0.2) is 11.5 Å². The molecule has 0 aliphatic carbocycles. The Morgan fingerprint density at radius 1 is 1.36 bits per heavy atom. The summed E-state index contributed by atoms with van der Waals surface area (Å²) < 4.78 is 4.39. The largest absolute Gasteiger partial charge is 0.503 e. The Hall–Kier alpha value is -1.13. The van der Waals surface area contributed by atoms with Gasteiger partial charge in [0, 0.05) is 0 Å². The number of hydrogen-bond donors (Lipinski definition) is 2. The van der Waals surface area contributed by atoms with E-state index in [1.807, 2.05) is 0 Å². The van der Waals surface area contributed by atoms with Crippen molar-refractivity contribution < 1.29 is 19.7 Å². The summed E-state index contributed by atoms with van der Waals surface area (Å²) in [5.74, 6) is -1.95. The Morgan fingerprint density at radius 2 is 1.93 bits per heavy atom. The average molecular weight is 237 g/mol. The lowest BCUT2D eigenvalue weighted by Gasteiger charge is -2.06. The highest BCUT2D eigenvalue weighted by Gasteiger charge is 2.19. The first-order chi connectivity index (χ1) is 6.49. The number of benzene rings is 1. The smallest absolute Gasteiger partial charge is 0.339 e. The number of carbonyl (C=O) groups excluding carboxylic acids is 1. The van der Waals surface area contributed by atoms with E-state index in [9.17, 15) is 9.90 Å². The molecule has 0 heterocycles. The number of hydrogen-bond acceptors (Lipinski definition) is 4. The molecule has 0 saturated heterocycles. The molecule has 0 radical (unpaired) electrons. The lowest BCUT2D eigenvalue weighted by Crippen LogP contribution is -2.02. The topological polar surface area (TPSA) is 66.8 Å². The summed E-state index contributed by atoms with van der Waals surface area (Å²) in [6.07, 6.45) is 0. The van der Waals surface area contributed by atoms with Crippen LogP contribution in [0.5, 0.6) is 11.5 Å². The van der Waals surface area contributed by atoms with Crippen molar-refractivity contribution in [2.75, 3.05) is 7.11 Å². The number of esters is 1. The second-order valence-electron chi connectivity index (χ2n) is 2.41. The molecule has 0 amide bonds. The standard InChI is InChI=1S/C8H6Cl2O4/c1-14-8(13)3-2-4(9)6(11)7(12)5(3)10/h2,11-12H,1H3. The molecule has 0 aliphatic rings. The number of phenolic OH excluding ortho intramolecular Hbond substituents is 2. The second-order valence-corrected chi connectivity index (χ2v) is 3.19. The van der Waals surface area contributed by atoms with Gasteiger partial charge in [-0.05, 0) is 6.07 Å². The van der Waals surface area contributed by atoms with E-state index < -0.39 is 17.5 Å². The maximum Gasteiger partial charge on any atom is 0.339 e. The van der Waals surface area contributed by atoms with E-state index in [4.69, 9.17) is 28.3 Å². The van der Waals surface area contributed by atoms with Crippen molar-refractivity contribution in [2.45, 2.75) is 0 Å². The normalized spacial score (nSPS) is 9.93. The predicted molar refractivity (Wildman–Crippen MR) is 51.1 cm³/mol. The fraction of sp³-hybridized carbons (Fsp3) is 0.125. The Balaban J connectivity index is 3.40. The number of aromatic hydroxyl groups is 2. The van der Waals surface area contributed by atoms with E-state index in [1.165, 1.54) is 0 Å². The molecule has 76 valence electrons. The number of halogens is 2. The number of ether oxygens (including phenoxy) is 1. The van der Waals surface area contributed by atoms with Crippen molar-refractivity contribution in [3.8, 4) is 11.5 Å². The van der Waals surface area contributed by atoms with Crippen LogP contribution in [-0.2, 0) is 4.74 Å². The van der Waals surface area contributed by atoms with Crippen LogP contribution < -0.4 is 0 Å². The SMILES string of the molecule is COC(=O)c1cc(Cl)c(O)c(O)c1Cl. The van der Waals surface area contributed by atoms with E-state index >= 15 is 0 Å². The van der Waals surface area contributed by atoms with Crippen LogP contribution in [0.4, 0.5) is 0 Å². The van der Waals surface area contributed by atoms with Crippen molar-refractivity contribution >= 4 is 29.2 Å². The molecule has 0 fully saturated rings. The van der Waals surface area contributed by atoms with E-state index in [2.05, 4.69) is 4.74 Å². The summed E-state index contributed by atoms with van der Waals surface area (Å²) >= 11 is 11.1. The van der Waals surface area contributed by atoms with Crippen LogP contribution in [0.1, 0.15) is 10.4 Å². The van der Waals surface area contributed by atoms with Crippen molar-refractivity contribution in [3.63, 3.8) is 0 Å². The highest BCUT2D eigenvalue weighted by Crippen LogP contribution is 2.41. The molecule has 0 atom stereocenters. The van der Waals surface area contributed by atoms with Crippen LogP contribution in [-0.4, -0.2) is 23.3 Å². The minimum atomic E-state index is -0.743. The molecule has 1 aromatic carbocycles. The van der Waals surface area contributed by atoms with Crippen molar-refractivity contribution in [3.05, 3.63) is 21.7 Å². The molecular weight excluding hydrogens is 231 g/mol. The van der Waals surface area contributed by atoms with E-state index in [0.29, 0.717) is 0 Å². The summed E-state index contributed by atoms with van der Waals surface area (Å²) in [6.45, 7) is 0. The lowest BCUT2D eigenvalue weighted by atomic mass is 10.2. The fourth-order valence-electron chi connectivity index (χ4n) is 0.862. The summed E-state index contributed by atoms with van der Waals surface area (Å²) in [5, 5.41) is 17.9. The molecule has 0 aromatic heterocycles. The molecule has 1 rings (SSSR count). The molecule has 0 spiro atoms. The predicted octanol–water partition coefficient (Wildman–Crippen LogP) is 2.19. The van der Waals surface area contributed by atoms with E-state index in [1.54, 1.807) is 0 Å². The van der Waals surface area contributed by atoms with Crippen LogP contribution in [0, 0.1) is 0 Å². The van der Waals surface area contributed by atoms with E-state index in [-0.39, 0.29) is 15.6 Å². The summed E-state index contributed by atoms with van der Waals surface area (Å²) in [7, 11) is 1.16. The maximum atomic E-state index is 11.1. The van der Waals surface area contributed by atoms with E-state index in [0.717, 1.165) is 13.2 Å². The molecule has 6 heteroatoms. The fourth-order valence-corrected chi connectivity index (χ4v) is 1.28. The molecule has 0 saturated carbocycles. The third-order valence-corrected chi connectivity index (χ3v) is 2.24. The maximum absolute atomic E-state index is 11.1. The van der Waals surface area contributed by atoms with Gasteiger partial charge in [0.05, 0.1) is 17.7 Å². The minimum Gasteiger partial charge on any atom is -0.503 e. The van der Waals surface area contributed by atoms with Gasteiger partial charge < -0.3 is 14.9 Å². The van der Waals surface area contributed by atoms with Crippen LogP contribution in [0.2, 0.25) is 10.0 Å². The van der Waals surface area contributed by atoms with Gasteiger partial charge in [-0.15, -0.1) is 0 Å². The van der Waals surface area contributed by atoms with Crippen molar-refractivity contribution in [1.82, 2.24) is 0 Å². The Labute approximate surface area is 89.6 Å². The van der Waals surface area contributed by atoms with Gasteiger partial charge in [0.1, 0.15) is 5.02 Å². The van der Waals surface area contributed by atoms with Gasteiger partial charge in [-0.25, -0.2) is 4.79 Å². The Morgan fingerprint density at radius 3 is 2.43 bits per heavy atom. The molecule has 4 nitrogen and oxygen atoms in total. The number of carbonyl (C=O) groups is 1. The highest BCUT2D eigenvalue weighted by molar-refractivity contribution is 6.38. The molecule has 0 bridgehead atoms.